The number of nitrogens with one attached hydrogen (secondary N) is 1. The van der Waals surface area contributed by atoms with Crippen LogP contribution in [0.2, 0.25) is 0 Å². The van der Waals surface area contributed by atoms with E-state index in [1.54, 1.807) is 0 Å². The standard InChI is InChI=1S/C26H27N4OS.C2H6/c31-32(23-8-9-23)24-3-1-2-21(14-24)25-16-29-30-17-22(15-28-26(25)30)19-6-4-18(5-7-19)20-10-12-27-13-11-20;1-2/h1-7,14-17,20,23,27,31H,8-13H2;1-2H3/q+1;. The molecule has 1 atom stereocenters. The van der Waals surface area contributed by atoms with Gasteiger partial charge in [-0.1, -0.05) is 50.2 Å². The lowest BCUT2D eigenvalue weighted by molar-refractivity contribution is 0.460. The Morgan fingerprint density at radius 2 is 1.68 bits per heavy atom. The third kappa shape index (κ3) is 4.76. The summed E-state index contributed by atoms with van der Waals surface area (Å²) in [5.74, 6) is 0.661. The van der Waals surface area contributed by atoms with Gasteiger partial charge in [-0.05, 0) is 54.6 Å². The molecular weight excluding hydrogens is 440 g/mol. The monoisotopic (exact) mass is 473 g/mol. The smallest absolute Gasteiger partial charge is 0.190 e. The Labute approximate surface area is 204 Å². The van der Waals surface area contributed by atoms with Crippen molar-refractivity contribution in [3.63, 3.8) is 0 Å². The first-order valence-corrected chi connectivity index (χ1v) is 13.7. The van der Waals surface area contributed by atoms with Gasteiger partial charge >= 0.3 is 0 Å². The van der Waals surface area contributed by atoms with Crippen LogP contribution in [0, 0.1) is 0 Å². The second kappa shape index (κ2) is 10.3. The molecule has 1 aliphatic heterocycles. The lowest BCUT2D eigenvalue weighted by Crippen LogP contribution is -2.26. The van der Waals surface area contributed by atoms with Crippen molar-refractivity contribution in [1.29, 1.82) is 0 Å². The maximum absolute atomic E-state index is 10.5. The Hall–Kier alpha value is -2.67. The molecule has 2 aromatic carbocycles. The van der Waals surface area contributed by atoms with Crippen molar-refractivity contribution in [2.75, 3.05) is 13.1 Å². The van der Waals surface area contributed by atoms with Gasteiger partial charge in [-0.3, -0.25) is 0 Å². The zero-order valence-corrected chi connectivity index (χ0v) is 20.8. The summed E-state index contributed by atoms with van der Waals surface area (Å²) < 4.78 is 12.4. The number of fused-ring (bicyclic) bond motifs is 1. The van der Waals surface area contributed by atoms with Gasteiger partial charge in [-0.25, -0.2) is 9.50 Å². The van der Waals surface area contributed by atoms with E-state index in [-0.39, 0.29) is 0 Å². The van der Waals surface area contributed by atoms with Crippen LogP contribution in [0.4, 0.5) is 0 Å². The number of aromatic nitrogens is 3. The molecule has 1 saturated carbocycles. The molecule has 1 aliphatic carbocycles. The Balaban J connectivity index is 0.00000117. The van der Waals surface area contributed by atoms with Gasteiger partial charge < -0.3 is 5.32 Å². The quantitative estimate of drug-likeness (QED) is 0.340. The van der Waals surface area contributed by atoms with E-state index in [0.29, 0.717) is 11.2 Å². The van der Waals surface area contributed by atoms with Crippen molar-refractivity contribution in [1.82, 2.24) is 19.9 Å². The number of rotatable bonds is 5. The zero-order chi connectivity index (χ0) is 23.5. The van der Waals surface area contributed by atoms with Gasteiger partial charge in [0.15, 0.2) is 27.0 Å². The summed E-state index contributed by atoms with van der Waals surface area (Å²) in [5.41, 5.74) is 6.53. The minimum atomic E-state index is -0.663. The Kier molecular flexibility index (Phi) is 6.99. The van der Waals surface area contributed by atoms with Gasteiger partial charge in [-0.2, -0.15) is 9.65 Å². The average molecular weight is 474 g/mol. The topological polar surface area (TPSA) is 62.5 Å². The predicted octanol–water partition coefficient (Wildman–Crippen LogP) is 6.17. The third-order valence-electron chi connectivity index (χ3n) is 6.64. The van der Waals surface area contributed by atoms with E-state index in [4.69, 9.17) is 4.98 Å². The number of hydrogen-bond acceptors (Lipinski definition) is 4. The van der Waals surface area contributed by atoms with Crippen LogP contribution >= 0.6 is 0 Å². The first-order valence-electron chi connectivity index (χ1n) is 12.4. The highest BCUT2D eigenvalue weighted by atomic mass is 32.2. The van der Waals surface area contributed by atoms with E-state index in [1.807, 2.05) is 42.9 Å². The zero-order valence-electron chi connectivity index (χ0n) is 19.9. The molecule has 2 N–H and O–H groups in total. The maximum Gasteiger partial charge on any atom is 0.190 e. The molecular formula is C28H33N4OS+. The van der Waals surface area contributed by atoms with Crippen molar-refractivity contribution in [2.24, 2.45) is 0 Å². The number of benzene rings is 2. The second-order valence-corrected chi connectivity index (χ2v) is 10.6. The lowest BCUT2D eigenvalue weighted by Gasteiger charge is -2.23. The van der Waals surface area contributed by atoms with Crippen molar-refractivity contribution in [2.45, 2.75) is 55.6 Å². The molecule has 4 aromatic rings. The van der Waals surface area contributed by atoms with Crippen LogP contribution in [0.5, 0.6) is 0 Å². The van der Waals surface area contributed by atoms with Gasteiger partial charge in [0, 0.05) is 42.4 Å². The van der Waals surface area contributed by atoms with E-state index < -0.39 is 11.2 Å². The molecule has 0 bridgehead atoms. The predicted molar refractivity (Wildman–Crippen MR) is 141 cm³/mol. The first kappa shape index (κ1) is 23.1. The van der Waals surface area contributed by atoms with E-state index in [1.165, 1.54) is 18.4 Å². The van der Waals surface area contributed by atoms with Gasteiger partial charge in [-0.15, -0.1) is 0 Å². The molecule has 1 saturated heterocycles. The molecule has 3 heterocycles. The summed E-state index contributed by atoms with van der Waals surface area (Å²) in [5, 5.41) is 8.46. The van der Waals surface area contributed by atoms with Crippen LogP contribution < -0.4 is 5.32 Å². The fraction of sp³-hybridized carbons (Fsp3) is 0.357. The normalized spacial score (nSPS) is 17.3. The summed E-state index contributed by atoms with van der Waals surface area (Å²) in [6.07, 6.45) is 10.5. The van der Waals surface area contributed by atoms with Gasteiger partial charge in [0.1, 0.15) is 0 Å². The second-order valence-electron chi connectivity index (χ2n) is 8.86. The molecule has 6 rings (SSSR count). The number of hydrogen-bond donors (Lipinski definition) is 2. The summed E-state index contributed by atoms with van der Waals surface area (Å²) in [6, 6.07) is 17.1. The Bertz CT molecular complexity index is 1240. The van der Waals surface area contributed by atoms with Crippen LogP contribution in [0.1, 0.15) is 51.0 Å². The van der Waals surface area contributed by atoms with Crippen LogP contribution in [0.3, 0.4) is 0 Å². The fourth-order valence-electron chi connectivity index (χ4n) is 4.61. The average Bonchev–Trinajstić information content (AvgIpc) is 3.69. The molecule has 0 spiro atoms. The fourth-order valence-corrected chi connectivity index (χ4v) is 6.04. The van der Waals surface area contributed by atoms with Crippen LogP contribution in [0.15, 0.2) is 72.0 Å². The van der Waals surface area contributed by atoms with Gasteiger partial charge in [0.2, 0.25) is 0 Å². The minimum absolute atomic E-state index is 0.441. The summed E-state index contributed by atoms with van der Waals surface area (Å²) in [7, 11) is 0. The van der Waals surface area contributed by atoms with E-state index in [2.05, 4.69) is 53.0 Å². The highest BCUT2D eigenvalue weighted by molar-refractivity contribution is 7.92. The van der Waals surface area contributed by atoms with Crippen LogP contribution in [-0.4, -0.2) is 37.5 Å². The molecule has 6 heteroatoms. The van der Waals surface area contributed by atoms with Gasteiger partial charge in [0.25, 0.3) is 0 Å². The molecule has 2 fully saturated rings. The molecule has 2 aromatic heterocycles. The van der Waals surface area contributed by atoms with Crippen molar-refractivity contribution in [3.8, 4) is 22.3 Å². The number of piperidine rings is 1. The molecule has 0 amide bonds. The van der Waals surface area contributed by atoms with Crippen molar-refractivity contribution in [3.05, 3.63) is 72.7 Å². The molecule has 34 heavy (non-hydrogen) atoms. The number of nitrogens with zero attached hydrogens (tertiary/aromatic N) is 3. The highest BCUT2D eigenvalue weighted by Gasteiger charge is 2.42. The third-order valence-corrected chi connectivity index (χ3v) is 8.48. The summed E-state index contributed by atoms with van der Waals surface area (Å²) >= 11 is -0.663. The molecule has 5 nitrogen and oxygen atoms in total. The lowest BCUT2D eigenvalue weighted by atomic mass is 9.89. The molecule has 1 unspecified atom stereocenters. The Morgan fingerprint density at radius 1 is 0.912 bits per heavy atom. The largest absolute Gasteiger partial charge is 0.317 e. The maximum atomic E-state index is 10.5. The van der Waals surface area contributed by atoms with Crippen LogP contribution in [0.25, 0.3) is 27.9 Å². The SMILES string of the molecule is CC.O[S+](c1cccc(-c2cnn3cc(-c4ccc(C5CCNCC5)cc4)cnc23)c1)C1CC1. The molecule has 0 radical (unpaired) electrons. The van der Waals surface area contributed by atoms with Gasteiger partial charge in [0.05, 0.1) is 6.20 Å². The Morgan fingerprint density at radius 3 is 2.41 bits per heavy atom. The highest BCUT2D eigenvalue weighted by Crippen LogP contribution is 2.35. The van der Waals surface area contributed by atoms with E-state index in [9.17, 15) is 4.55 Å². The van der Waals surface area contributed by atoms with Crippen molar-refractivity contribution < 1.29 is 4.55 Å². The summed E-state index contributed by atoms with van der Waals surface area (Å²) in [6.45, 7) is 6.22. The van der Waals surface area contributed by atoms with E-state index >= 15 is 0 Å². The summed E-state index contributed by atoms with van der Waals surface area (Å²) in [4.78, 5) is 5.77. The van der Waals surface area contributed by atoms with Crippen LogP contribution in [-0.2, 0) is 11.2 Å². The first-order chi connectivity index (χ1) is 16.8. The van der Waals surface area contributed by atoms with E-state index in [0.717, 1.165) is 58.7 Å². The minimum Gasteiger partial charge on any atom is -0.317 e. The molecule has 176 valence electrons. The van der Waals surface area contributed by atoms with Crippen molar-refractivity contribution >= 4 is 16.8 Å². The molecule has 2 aliphatic rings.